The lowest BCUT2D eigenvalue weighted by atomic mass is 9.81. The summed E-state index contributed by atoms with van der Waals surface area (Å²) in [4.78, 5) is 2.68. The van der Waals surface area contributed by atoms with Crippen LogP contribution >= 0.6 is 11.8 Å². The van der Waals surface area contributed by atoms with E-state index in [2.05, 4.69) is 135 Å². The van der Waals surface area contributed by atoms with Crippen molar-refractivity contribution < 1.29 is 0 Å². The molecule has 180 valence electrons. The van der Waals surface area contributed by atoms with Gasteiger partial charge in [0, 0.05) is 20.6 Å². The van der Waals surface area contributed by atoms with Crippen molar-refractivity contribution in [3.63, 3.8) is 0 Å². The smallest absolute Gasteiger partial charge is 0.0207 e. The zero-order valence-electron chi connectivity index (χ0n) is 21.5. The molecule has 1 aliphatic heterocycles. The Balaban J connectivity index is 1.27. The molecule has 1 heterocycles. The van der Waals surface area contributed by atoms with Gasteiger partial charge in [0.15, 0.2) is 0 Å². The first-order valence-electron chi connectivity index (χ1n) is 13.3. The highest BCUT2D eigenvalue weighted by Gasteiger charge is 2.35. The van der Waals surface area contributed by atoms with E-state index in [-0.39, 0.29) is 5.41 Å². The van der Waals surface area contributed by atoms with E-state index in [0.29, 0.717) is 0 Å². The summed E-state index contributed by atoms with van der Waals surface area (Å²) in [6, 6.07) is 45.1. The number of benzene rings is 6. The van der Waals surface area contributed by atoms with Crippen molar-refractivity contribution in [2.45, 2.75) is 29.1 Å². The highest BCUT2D eigenvalue weighted by atomic mass is 32.2. The van der Waals surface area contributed by atoms with Crippen LogP contribution in [0.3, 0.4) is 0 Å². The molecule has 1 heteroatoms. The molecule has 8 rings (SSSR count). The average Bonchev–Trinajstić information content (AvgIpc) is 3.20. The van der Waals surface area contributed by atoms with Gasteiger partial charge >= 0.3 is 0 Å². The van der Waals surface area contributed by atoms with E-state index < -0.39 is 0 Å². The van der Waals surface area contributed by atoms with Gasteiger partial charge in [-0.3, -0.25) is 0 Å². The lowest BCUT2D eigenvalue weighted by molar-refractivity contribution is 0.660. The topological polar surface area (TPSA) is 0 Å². The Morgan fingerprint density at radius 1 is 0.447 bits per heavy atom. The molecule has 0 fully saturated rings. The molecule has 0 N–H and O–H groups in total. The van der Waals surface area contributed by atoms with Crippen LogP contribution in [0.5, 0.6) is 0 Å². The summed E-state index contributed by atoms with van der Waals surface area (Å²) in [5.74, 6) is 0. The van der Waals surface area contributed by atoms with Gasteiger partial charge in [0.1, 0.15) is 0 Å². The molecule has 0 bridgehead atoms. The normalized spacial score (nSPS) is 14.2. The fourth-order valence-corrected chi connectivity index (χ4v) is 7.71. The monoisotopic (exact) mass is 502 g/mol. The third kappa shape index (κ3) is 3.06. The quantitative estimate of drug-likeness (QED) is 0.226. The van der Waals surface area contributed by atoms with Crippen molar-refractivity contribution in [2.24, 2.45) is 0 Å². The number of fused-ring (bicyclic) bond motifs is 5. The van der Waals surface area contributed by atoms with Crippen molar-refractivity contribution in [3.8, 4) is 44.5 Å². The van der Waals surface area contributed by atoms with E-state index in [9.17, 15) is 0 Å². The van der Waals surface area contributed by atoms with Gasteiger partial charge in [-0.1, -0.05) is 123 Å². The van der Waals surface area contributed by atoms with E-state index >= 15 is 0 Å². The first-order chi connectivity index (χ1) is 18.6. The second-order valence-corrected chi connectivity index (χ2v) is 12.0. The van der Waals surface area contributed by atoms with E-state index in [1.807, 2.05) is 11.8 Å². The Hall–Kier alpha value is -4.07. The largest absolute Gasteiger partial charge is 0.0888 e. The van der Waals surface area contributed by atoms with Crippen LogP contribution in [-0.2, 0) is 5.41 Å². The van der Waals surface area contributed by atoms with Gasteiger partial charge in [-0.2, -0.15) is 0 Å². The van der Waals surface area contributed by atoms with Crippen LogP contribution in [-0.4, -0.2) is 0 Å². The predicted molar refractivity (Wildman–Crippen MR) is 162 cm³/mol. The molecule has 0 radical (unpaired) electrons. The predicted octanol–water partition coefficient (Wildman–Crippen LogP) is 10.6. The van der Waals surface area contributed by atoms with Crippen molar-refractivity contribution >= 4 is 22.5 Å². The second kappa shape index (κ2) is 7.96. The third-order valence-corrected chi connectivity index (χ3v) is 9.63. The Morgan fingerprint density at radius 2 is 1.13 bits per heavy atom. The fourth-order valence-electron chi connectivity index (χ4n) is 6.58. The summed E-state index contributed by atoms with van der Waals surface area (Å²) in [5.41, 5.74) is 13.3. The molecule has 38 heavy (non-hydrogen) atoms. The Kier molecular flexibility index (Phi) is 4.60. The van der Waals surface area contributed by atoms with Gasteiger partial charge in [0.2, 0.25) is 0 Å². The lowest BCUT2D eigenvalue weighted by Gasteiger charge is -2.22. The Labute approximate surface area is 228 Å². The minimum absolute atomic E-state index is 0.00367. The SMILES string of the molecule is CC1(C)c2ccccc2-c2ccc(-c3cccc(-c4ccc5c6c(cccc46)-c4ccccc4S5)c3)cc21. The van der Waals surface area contributed by atoms with Crippen LogP contribution in [0.25, 0.3) is 55.3 Å². The zero-order valence-corrected chi connectivity index (χ0v) is 22.3. The minimum atomic E-state index is 0.00367. The van der Waals surface area contributed by atoms with Gasteiger partial charge in [-0.15, -0.1) is 0 Å². The van der Waals surface area contributed by atoms with E-state index in [1.54, 1.807) is 0 Å². The highest BCUT2D eigenvalue weighted by Crippen LogP contribution is 2.51. The highest BCUT2D eigenvalue weighted by molar-refractivity contribution is 7.99. The third-order valence-electron chi connectivity index (χ3n) is 8.49. The Bertz CT molecular complexity index is 1920. The van der Waals surface area contributed by atoms with Gasteiger partial charge in [-0.25, -0.2) is 0 Å². The van der Waals surface area contributed by atoms with E-state index in [1.165, 1.54) is 76.2 Å². The molecule has 0 aromatic heterocycles. The zero-order chi connectivity index (χ0) is 25.4. The summed E-state index contributed by atoms with van der Waals surface area (Å²) in [6.45, 7) is 4.70. The lowest BCUT2D eigenvalue weighted by Crippen LogP contribution is -2.14. The van der Waals surface area contributed by atoms with Crippen molar-refractivity contribution in [1.82, 2.24) is 0 Å². The molecule has 6 aromatic rings. The fraction of sp³-hybridized carbons (Fsp3) is 0.0811. The summed E-state index contributed by atoms with van der Waals surface area (Å²) in [7, 11) is 0. The standard InChI is InChI=1S/C37H26S/c1-37(2)32-15-5-3-11-27(32)28-18-17-24(22-33(28)37)23-9-7-10-25(21-23)26-19-20-35-36-30(26)13-8-14-31(36)29-12-4-6-16-34(29)38-35/h3-22H,1-2H3. The second-order valence-electron chi connectivity index (χ2n) is 10.9. The van der Waals surface area contributed by atoms with Gasteiger partial charge in [-0.05, 0) is 85.3 Å². The summed E-state index contributed by atoms with van der Waals surface area (Å²) < 4.78 is 0. The molecule has 1 aliphatic carbocycles. The maximum Gasteiger partial charge on any atom is 0.0207 e. The molecule has 0 atom stereocenters. The molecule has 6 aromatic carbocycles. The molecule has 0 saturated carbocycles. The maximum absolute atomic E-state index is 2.42. The van der Waals surface area contributed by atoms with Crippen LogP contribution < -0.4 is 0 Å². The molecular weight excluding hydrogens is 476 g/mol. The van der Waals surface area contributed by atoms with Gasteiger partial charge in [0.25, 0.3) is 0 Å². The van der Waals surface area contributed by atoms with Crippen molar-refractivity contribution in [2.75, 3.05) is 0 Å². The molecular formula is C37H26S. The van der Waals surface area contributed by atoms with Crippen LogP contribution in [0.2, 0.25) is 0 Å². The maximum atomic E-state index is 2.42. The van der Waals surface area contributed by atoms with E-state index in [0.717, 1.165) is 0 Å². The van der Waals surface area contributed by atoms with Crippen LogP contribution in [0.1, 0.15) is 25.0 Å². The average molecular weight is 503 g/mol. The molecule has 0 amide bonds. The summed E-state index contributed by atoms with van der Waals surface area (Å²) in [6.07, 6.45) is 0. The molecule has 0 saturated heterocycles. The van der Waals surface area contributed by atoms with Crippen LogP contribution in [0.4, 0.5) is 0 Å². The number of hydrogen-bond donors (Lipinski definition) is 0. The van der Waals surface area contributed by atoms with Crippen LogP contribution in [0, 0.1) is 0 Å². The number of rotatable bonds is 2. The first kappa shape index (κ1) is 22.0. The Morgan fingerprint density at radius 3 is 2.05 bits per heavy atom. The number of hydrogen-bond acceptors (Lipinski definition) is 1. The molecule has 0 unspecified atom stereocenters. The van der Waals surface area contributed by atoms with Crippen molar-refractivity contribution in [1.29, 1.82) is 0 Å². The molecule has 2 aliphatic rings. The van der Waals surface area contributed by atoms with E-state index in [4.69, 9.17) is 0 Å². The molecule has 0 nitrogen and oxygen atoms in total. The first-order valence-corrected chi connectivity index (χ1v) is 14.1. The minimum Gasteiger partial charge on any atom is -0.0888 e. The molecule has 0 spiro atoms. The summed E-state index contributed by atoms with van der Waals surface area (Å²) in [5, 5.41) is 2.70. The van der Waals surface area contributed by atoms with Crippen LogP contribution in [0.15, 0.2) is 131 Å². The van der Waals surface area contributed by atoms with Gasteiger partial charge < -0.3 is 0 Å². The summed E-state index contributed by atoms with van der Waals surface area (Å²) >= 11 is 1.88. The van der Waals surface area contributed by atoms with Crippen molar-refractivity contribution in [3.05, 3.63) is 132 Å². The van der Waals surface area contributed by atoms with Gasteiger partial charge in [0.05, 0.1) is 0 Å².